The van der Waals surface area contributed by atoms with E-state index in [-0.39, 0.29) is 0 Å². The highest BCUT2D eigenvalue weighted by Crippen LogP contribution is 2.32. The zero-order valence-electron chi connectivity index (χ0n) is 11.0. The van der Waals surface area contributed by atoms with Crippen LogP contribution < -0.4 is 5.32 Å². The molecule has 0 aromatic heterocycles. The van der Waals surface area contributed by atoms with E-state index in [1.807, 2.05) is 0 Å². The van der Waals surface area contributed by atoms with Crippen molar-refractivity contribution in [2.45, 2.75) is 32.4 Å². The van der Waals surface area contributed by atoms with Gasteiger partial charge >= 0.3 is 0 Å². The van der Waals surface area contributed by atoms with Gasteiger partial charge in [0.2, 0.25) is 0 Å². The van der Waals surface area contributed by atoms with Gasteiger partial charge in [0.15, 0.2) is 0 Å². The molecule has 1 saturated carbocycles. The van der Waals surface area contributed by atoms with E-state index in [2.05, 4.69) is 54.5 Å². The van der Waals surface area contributed by atoms with Gasteiger partial charge in [-0.15, -0.1) is 0 Å². The predicted octanol–water partition coefficient (Wildman–Crippen LogP) is 2.51. The Morgan fingerprint density at radius 3 is 2.59 bits per heavy atom. The molecule has 2 rings (SSSR count). The molecule has 1 unspecified atom stereocenters. The van der Waals surface area contributed by atoms with Crippen LogP contribution in [-0.2, 0) is 6.54 Å². The largest absolute Gasteiger partial charge is 0.313 e. The van der Waals surface area contributed by atoms with E-state index in [1.165, 1.54) is 18.4 Å². The van der Waals surface area contributed by atoms with E-state index < -0.39 is 0 Å². The van der Waals surface area contributed by atoms with E-state index >= 15 is 0 Å². The summed E-state index contributed by atoms with van der Waals surface area (Å²) in [5.41, 5.74) is 1.40. The van der Waals surface area contributed by atoms with E-state index in [0.29, 0.717) is 6.04 Å². The van der Waals surface area contributed by atoms with E-state index in [1.54, 1.807) is 0 Å². The quantitative estimate of drug-likeness (QED) is 0.777. The molecule has 0 bridgehead atoms. The Hall–Kier alpha value is -0.860. The topological polar surface area (TPSA) is 15.3 Å². The fraction of sp³-hybridized carbons (Fsp3) is 0.600. The minimum atomic E-state index is 0.689. The van der Waals surface area contributed by atoms with Gasteiger partial charge in [-0.2, -0.15) is 0 Å². The summed E-state index contributed by atoms with van der Waals surface area (Å²) in [5.74, 6) is 0.924. The molecule has 0 spiro atoms. The van der Waals surface area contributed by atoms with Crippen molar-refractivity contribution >= 4 is 0 Å². The molecule has 0 saturated heterocycles. The highest BCUT2D eigenvalue weighted by Gasteiger charge is 2.30. The lowest BCUT2D eigenvalue weighted by atomic mass is 10.1. The second-order valence-electron chi connectivity index (χ2n) is 5.18. The Morgan fingerprint density at radius 2 is 2.00 bits per heavy atom. The molecule has 1 atom stereocenters. The van der Waals surface area contributed by atoms with Gasteiger partial charge < -0.3 is 10.2 Å². The molecule has 94 valence electrons. The van der Waals surface area contributed by atoms with Gasteiger partial charge in [0.05, 0.1) is 0 Å². The number of benzene rings is 1. The zero-order valence-corrected chi connectivity index (χ0v) is 11.0. The summed E-state index contributed by atoms with van der Waals surface area (Å²) in [4.78, 5) is 2.43. The maximum atomic E-state index is 3.62. The smallest absolute Gasteiger partial charge is 0.0231 e. The maximum absolute atomic E-state index is 3.62. The van der Waals surface area contributed by atoms with E-state index in [4.69, 9.17) is 0 Å². The van der Waals surface area contributed by atoms with Crippen LogP contribution in [0.4, 0.5) is 0 Å². The molecule has 0 amide bonds. The van der Waals surface area contributed by atoms with Gasteiger partial charge in [-0.3, -0.25) is 0 Å². The average Bonchev–Trinajstić information content (AvgIpc) is 3.13. The van der Waals surface area contributed by atoms with Gasteiger partial charge in [-0.25, -0.2) is 0 Å². The molecule has 17 heavy (non-hydrogen) atoms. The standard InChI is InChI=1S/C15H24N2/c1-3-16-15(14-9-10-14)12-17(2)11-13-7-5-4-6-8-13/h4-8,14-16H,3,9-12H2,1-2H3. The third-order valence-electron chi connectivity index (χ3n) is 3.46. The van der Waals surface area contributed by atoms with Crippen molar-refractivity contribution in [3.05, 3.63) is 35.9 Å². The second kappa shape index (κ2) is 6.18. The molecular formula is C15H24N2. The Labute approximate surface area is 105 Å². The van der Waals surface area contributed by atoms with Crippen molar-refractivity contribution in [1.29, 1.82) is 0 Å². The van der Waals surface area contributed by atoms with Crippen LogP contribution in [0.3, 0.4) is 0 Å². The second-order valence-corrected chi connectivity index (χ2v) is 5.18. The first-order valence-corrected chi connectivity index (χ1v) is 6.75. The van der Waals surface area contributed by atoms with Crippen molar-refractivity contribution < 1.29 is 0 Å². The predicted molar refractivity (Wildman–Crippen MR) is 73.0 cm³/mol. The summed E-state index contributed by atoms with van der Waals surface area (Å²) in [5, 5.41) is 3.62. The fourth-order valence-corrected chi connectivity index (χ4v) is 2.44. The fourth-order valence-electron chi connectivity index (χ4n) is 2.44. The van der Waals surface area contributed by atoms with Gasteiger partial charge in [0.1, 0.15) is 0 Å². The molecule has 2 heteroatoms. The third-order valence-corrected chi connectivity index (χ3v) is 3.46. The maximum Gasteiger partial charge on any atom is 0.0231 e. The van der Waals surface area contributed by atoms with Crippen molar-refractivity contribution in [3.8, 4) is 0 Å². The highest BCUT2D eigenvalue weighted by atomic mass is 15.1. The molecule has 1 N–H and O–H groups in total. The first kappa shape index (κ1) is 12.6. The number of nitrogens with zero attached hydrogens (tertiary/aromatic N) is 1. The zero-order chi connectivity index (χ0) is 12.1. The van der Waals surface area contributed by atoms with Crippen LogP contribution in [0.1, 0.15) is 25.3 Å². The number of hydrogen-bond donors (Lipinski definition) is 1. The van der Waals surface area contributed by atoms with Crippen LogP contribution in [0.15, 0.2) is 30.3 Å². The molecule has 1 aliphatic rings. The third kappa shape index (κ3) is 4.14. The molecule has 2 nitrogen and oxygen atoms in total. The summed E-state index contributed by atoms with van der Waals surface area (Å²) in [7, 11) is 2.22. The first-order chi connectivity index (χ1) is 8.29. The molecular weight excluding hydrogens is 208 g/mol. The lowest BCUT2D eigenvalue weighted by Crippen LogP contribution is -2.40. The lowest BCUT2D eigenvalue weighted by Gasteiger charge is -2.24. The molecule has 1 aromatic rings. The monoisotopic (exact) mass is 232 g/mol. The number of likely N-dealkylation sites (N-methyl/N-ethyl adjacent to an activating group) is 2. The van der Waals surface area contributed by atoms with Crippen LogP contribution >= 0.6 is 0 Å². The van der Waals surface area contributed by atoms with Gasteiger partial charge in [-0.05, 0) is 37.9 Å². The minimum absolute atomic E-state index is 0.689. The highest BCUT2D eigenvalue weighted by molar-refractivity contribution is 5.14. The lowest BCUT2D eigenvalue weighted by molar-refractivity contribution is 0.269. The Kier molecular flexibility index (Phi) is 4.57. The SMILES string of the molecule is CCNC(CN(C)Cc1ccccc1)C1CC1. The Bertz CT molecular complexity index is 319. The summed E-state index contributed by atoms with van der Waals surface area (Å²) < 4.78 is 0. The Balaban J connectivity index is 1.81. The van der Waals surface area contributed by atoms with Crippen molar-refractivity contribution in [2.24, 2.45) is 5.92 Å². The van der Waals surface area contributed by atoms with Crippen LogP contribution in [0.25, 0.3) is 0 Å². The molecule has 1 aliphatic carbocycles. The van der Waals surface area contributed by atoms with Crippen molar-refractivity contribution in [3.63, 3.8) is 0 Å². The summed E-state index contributed by atoms with van der Waals surface area (Å²) >= 11 is 0. The van der Waals surface area contributed by atoms with Gasteiger partial charge in [0.25, 0.3) is 0 Å². The molecule has 1 fully saturated rings. The number of nitrogens with one attached hydrogen (secondary N) is 1. The molecule has 0 heterocycles. The van der Waals surface area contributed by atoms with Crippen LogP contribution in [0.5, 0.6) is 0 Å². The van der Waals surface area contributed by atoms with Gasteiger partial charge in [-0.1, -0.05) is 37.3 Å². The van der Waals surface area contributed by atoms with E-state index in [9.17, 15) is 0 Å². The average molecular weight is 232 g/mol. The van der Waals surface area contributed by atoms with Crippen molar-refractivity contribution in [2.75, 3.05) is 20.1 Å². The van der Waals surface area contributed by atoms with Gasteiger partial charge in [0, 0.05) is 19.1 Å². The molecule has 0 radical (unpaired) electrons. The van der Waals surface area contributed by atoms with Crippen LogP contribution in [0.2, 0.25) is 0 Å². The first-order valence-electron chi connectivity index (χ1n) is 6.75. The summed E-state index contributed by atoms with van der Waals surface area (Å²) in [6.45, 7) is 5.50. The summed E-state index contributed by atoms with van der Waals surface area (Å²) in [6.07, 6.45) is 2.83. The number of rotatable bonds is 7. The number of hydrogen-bond acceptors (Lipinski definition) is 2. The molecule has 0 aliphatic heterocycles. The Morgan fingerprint density at radius 1 is 1.29 bits per heavy atom. The normalized spacial score (nSPS) is 17.4. The van der Waals surface area contributed by atoms with Crippen molar-refractivity contribution in [1.82, 2.24) is 10.2 Å². The van der Waals surface area contributed by atoms with Crippen LogP contribution in [-0.4, -0.2) is 31.1 Å². The molecule has 1 aromatic carbocycles. The van der Waals surface area contributed by atoms with Crippen LogP contribution in [0, 0.1) is 5.92 Å². The van der Waals surface area contributed by atoms with E-state index in [0.717, 1.165) is 25.6 Å². The summed E-state index contributed by atoms with van der Waals surface area (Å²) in [6, 6.07) is 11.4. The minimum Gasteiger partial charge on any atom is -0.313 e.